The third-order valence-electron chi connectivity index (χ3n) is 4.23. The molecule has 1 aromatic carbocycles. The number of para-hydroxylation sites is 1. The minimum Gasteiger partial charge on any atom is -0.371 e. The van der Waals surface area contributed by atoms with Gasteiger partial charge in [0, 0.05) is 24.8 Å². The van der Waals surface area contributed by atoms with E-state index in [4.69, 9.17) is 5.73 Å². The molecule has 0 amide bonds. The normalized spacial score (nSPS) is 20.8. The highest BCUT2D eigenvalue weighted by molar-refractivity contribution is 5.55. The van der Waals surface area contributed by atoms with Gasteiger partial charge < -0.3 is 10.6 Å². The Morgan fingerprint density at radius 1 is 1.22 bits per heavy atom. The molecule has 0 bridgehead atoms. The summed E-state index contributed by atoms with van der Waals surface area (Å²) in [4.78, 5) is 2.51. The molecule has 1 saturated heterocycles. The van der Waals surface area contributed by atoms with E-state index in [9.17, 15) is 0 Å². The van der Waals surface area contributed by atoms with E-state index in [0.29, 0.717) is 5.41 Å². The van der Waals surface area contributed by atoms with Crippen molar-refractivity contribution in [1.29, 1.82) is 0 Å². The predicted molar refractivity (Wildman–Crippen MR) is 78.9 cm³/mol. The minimum absolute atomic E-state index is 0.163. The lowest BCUT2D eigenvalue weighted by molar-refractivity contribution is 0.279. The molecule has 2 nitrogen and oxygen atoms in total. The van der Waals surface area contributed by atoms with Crippen LogP contribution in [0.2, 0.25) is 0 Å². The second-order valence-electron chi connectivity index (χ2n) is 6.22. The maximum Gasteiger partial charge on any atom is 0.0414 e. The lowest BCUT2D eigenvalue weighted by atomic mass is 9.82. The van der Waals surface area contributed by atoms with Gasteiger partial charge in [0.15, 0.2) is 0 Å². The zero-order chi connectivity index (χ0) is 13.2. The molecule has 0 saturated carbocycles. The van der Waals surface area contributed by atoms with E-state index >= 15 is 0 Å². The van der Waals surface area contributed by atoms with E-state index in [1.807, 2.05) is 0 Å². The molecule has 0 radical (unpaired) electrons. The average molecular weight is 246 g/mol. The van der Waals surface area contributed by atoms with E-state index in [-0.39, 0.29) is 6.04 Å². The van der Waals surface area contributed by atoms with E-state index in [1.54, 1.807) is 0 Å². The summed E-state index contributed by atoms with van der Waals surface area (Å²) in [6, 6.07) is 8.80. The maximum absolute atomic E-state index is 6.23. The number of piperidine rings is 1. The maximum atomic E-state index is 6.23. The Kier molecular flexibility index (Phi) is 3.96. The topological polar surface area (TPSA) is 29.3 Å². The van der Waals surface area contributed by atoms with Crippen molar-refractivity contribution in [2.45, 2.75) is 46.1 Å². The lowest BCUT2D eigenvalue weighted by Gasteiger charge is -2.39. The largest absolute Gasteiger partial charge is 0.371 e. The lowest BCUT2D eigenvalue weighted by Crippen LogP contribution is -2.38. The fraction of sp³-hybridized carbons (Fsp3) is 0.625. The first-order chi connectivity index (χ1) is 8.53. The Morgan fingerprint density at radius 2 is 1.83 bits per heavy atom. The highest BCUT2D eigenvalue weighted by Gasteiger charge is 2.26. The van der Waals surface area contributed by atoms with Crippen LogP contribution < -0.4 is 10.6 Å². The Labute approximate surface area is 111 Å². The Balaban J connectivity index is 2.19. The summed E-state index contributed by atoms with van der Waals surface area (Å²) in [5, 5.41) is 0. The van der Waals surface area contributed by atoms with Gasteiger partial charge in [-0.3, -0.25) is 0 Å². The number of hydrogen-bond acceptors (Lipinski definition) is 2. The molecule has 2 N–H and O–H groups in total. The van der Waals surface area contributed by atoms with E-state index in [1.165, 1.54) is 24.1 Å². The molecular formula is C16H26N2. The first-order valence-electron chi connectivity index (χ1n) is 7.13. The van der Waals surface area contributed by atoms with E-state index in [2.05, 4.69) is 49.9 Å². The predicted octanol–water partition coefficient (Wildman–Crippen LogP) is 3.72. The Morgan fingerprint density at radius 3 is 2.44 bits per heavy atom. The first-order valence-corrected chi connectivity index (χ1v) is 7.13. The molecule has 0 spiro atoms. The van der Waals surface area contributed by atoms with Crippen LogP contribution in [0.25, 0.3) is 0 Å². The van der Waals surface area contributed by atoms with Crippen LogP contribution in [0.3, 0.4) is 0 Å². The standard InChI is InChI=1S/C16H26N2/c1-4-14(17)13-7-5-6-8-15(13)18-11-9-16(2,3)10-12-18/h5-8,14H,4,9-12,17H2,1-3H3/t14-/m0/s1. The molecule has 0 unspecified atom stereocenters. The van der Waals surface area contributed by atoms with Crippen molar-refractivity contribution in [3.63, 3.8) is 0 Å². The van der Waals surface area contributed by atoms with Crippen molar-refractivity contribution in [3.05, 3.63) is 29.8 Å². The van der Waals surface area contributed by atoms with Crippen molar-refractivity contribution in [3.8, 4) is 0 Å². The van der Waals surface area contributed by atoms with Crippen LogP contribution in [0.1, 0.15) is 51.6 Å². The van der Waals surface area contributed by atoms with Gasteiger partial charge in [-0.2, -0.15) is 0 Å². The van der Waals surface area contributed by atoms with Crippen LogP contribution in [0.5, 0.6) is 0 Å². The van der Waals surface area contributed by atoms with Crippen molar-refractivity contribution in [2.75, 3.05) is 18.0 Å². The molecule has 18 heavy (non-hydrogen) atoms. The van der Waals surface area contributed by atoms with Crippen molar-refractivity contribution in [2.24, 2.45) is 11.1 Å². The summed E-state index contributed by atoms with van der Waals surface area (Å²) in [5.41, 5.74) is 9.38. The number of hydrogen-bond donors (Lipinski definition) is 1. The fourth-order valence-electron chi connectivity index (χ4n) is 2.66. The van der Waals surface area contributed by atoms with Gasteiger partial charge in [0.25, 0.3) is 0 Å². The van der Waals surface area contributed by atoms with Gasteiger partial charge in [-0.25, -0.2) is 0 Å². The van der Waals surface area contributed by atoms with Gasteiger partial charge in [0.05, 0.1) is 0 Å². The van der Waals surface area contributed by atoms with Gasteiger partial charge in [-0.05, 0) is 36.3 Å². The molecule has 1 aromatic rings. The number of nitrogens with zero attached hydrogens (tertiary/aromatic N) is 1. The number of nitrogens with two attached hydrogens (primary N) is 1. The van der Waals surface area contributed by atoms with Crippen LogP contribution in [0, 0.1) is 5.41 Å². The van der Waals surface area contributed by atoms with Crippen molar-refractivity contribution < 1.29 is 0 Å². The van der Waals surface area contributed by atoms with Gasteiger partial charge in [0.2, 0.25) is 0 Å². The average Bonchev–Trinajstić information content (AvgIpc) is 2.38. The molecule has 1 atom stereocenters. The monoisotopic (exact) mass is 246 g/mol. The molecule has 0 aliphatic carbocycles. The van der Waals surface area contributed by atoms with Crippen molar-refractivity contribution in [1.82, 2.24) is 0 Å². The van der Waals surface area contributed by atoms with Crippen LogP contribution in [-0.4, -0.2) is 13.1 Å². The molecule has 0 aromatic heterocycles. The SMILES string of the molecule is CC[C@H](N)c1ccccc1N1CCC(C)(C)CC1. The fourth-order valence-corrected chi connectivity index (χ4v) is 2.66. The minimum atomic E-state index is 0.163. The number of rotatable bonds is 3. The van der Waals surface area contributed by atoms with Crippen molar-refractivity contribution >= 4 is 5.69 Å². The third kappa shape index (κ3) is 2.86. The zero-order valence-electron chi connectivity index (χ0n) is 11.9. The highest BCUT2D eigenvalue weighted by Crippen LogP contribution is 2.34. The number of benzene rings is 1. The zero-order valence-corrected chi connectivity index (χ0v) is 11.9. The van der Waals surface area contributed by atoms with E-state index < -0.39 is 0 Å². The van der Waals surface area contributed by atoms with Crippen LogP contribution in [-0.2, 0) is 0 Å². The highest BCUT2D eigenvalue weighted by atomic mass is 15.1. The van der Waals surface area contributed by atoms with Gasteiger partial charge in [-0.15, -0.1) is 0 Å². The molecule has 1 fully saturated rings. The molecule has 2 heteroatoms. The summed E-state index contributed by atoms with van der Waals surface area (Å²) < 4.78 is 0. The molecule has 2 rings (SSSR count). The summed E-state index contributed by atoms with van der Waals surface area (Å²) in [7, 11) is 0. The van der Waals surface area contributed by atoms with Crippen LogP contribution >= 0.6 is 0 Å². The van der Waals surface area contributed by atoms with E-state index in [0.717, 1.165) is 19.5 Å². The Bertz CT molecular complexity index is 388. The molecule has 1 aliphatic rings. The smallest absolute Gasteiger partial charge is 0.0414 e. The number of anilines is 1. The van der Waals surface area contributed by atoms with Gasteiger partial charge in [0.1, 0.15) is 0 Å². The molecule has 100 valence electrons. The summed E-state index contributed by atoms with van der Waals surface area (Å²) >= 11 is 0. The van der Waals surface area contributed by atoms with Crippen LogP contribution in [0.15, 0.2) is 24.3 Å². The first kappa shape index (κ1) is 13.4. The second kappa shape index (κ2) is 5.31. The quantitative estimate of drug-likeness (QED) is 0.880. The van der Waals surface area contributed by atoms with Gasteiger partial charge >= 0.3 is 0 Å². The molecule has 1 aliphatic heterocycles. The molecular weight excluding hydrogens is 220 g/mol. The summed E-state index contributed by atoms with van der Waals surface area (Å²) in [6.07, 6.45) is 3.53. The summed E-state index contributed by atoms with van der Waals surface area (Å²) in [5.74, 6) is 0. The van der Waals surface area contributed by atoms with Crippen LogP contribution in [0.4, 0.5) is 5.69 Å². The third-order valence-corrected chi connectivity index (χ3v) is 4.23. The molecule has 1 heterocycles. The summed E-state index contributed by atoms with van der Waals surface area (Å²) in [6.45, 7) is 9.20. The Hall–Kier alpha value is -1.02. The van der Waals surface area contributed by atoms with Gasteiger partial charge in [-0.1, -0.05) is 39.0 Å². The second-order valence-corrected chi connectivity index (χ2v) is 6.22.